The number of carbonyl (C=O) groups excluding carboxylic acids is 2. The number of hydrogen-bond donors (Lipinski definition) is 1. The number of benzene rings is 2. The van der Waals surface area contributed by atoms with E-state index in [0.717, 1.165) is 27.8 Å². The van der Waals surface area contributed by atoms with E-state index in [9.17, 15) is 9.59 Å². The molecule has 0 radical (unpaired) electrons. The van der Waals surface area contributed by atoms with Crippen molar-refractivity contribution in [3.8, 4) is 5.75 Å². The summed E-state index contributed by atoms with van der Waals surface area (Å²) in [4.78, 5) is 27.9. The molecule has 0 saturated heterocycles. The van der Waals surface area contributed by atoms with Crippen molar-refractivity contribution < 1.29 is 18.7 Å². The van der Waals surface area contributed by atoms with Gasteiger partial charge in [0.15, 0.2) is 0 Å². The van der Waals surface area contributed by atoms with E-state index in [0.29, 0.717) is 11.5 Å². The highest BCUT2D eigenvalue weighted by molar-refractivity contribution is 6.07. The van der Waals surface area contributed by atoms with E-state index in [2.05, 4.69) is 5.32 Å². The average Bonchev–Trinajstić information content (AvgIpc) is 3.51. The number of fused-ring (bicyclic) bond motifs is 3. The van der Waals surface area contributed by atoms with Gasteiger partial charge in [0.2, 0.25) is 5.91 Å². The van der Waals surface area contributed by atoms with Crippen LogP contribution in [-0.2, 0) is 18.4 Å². The number of hydrogen-bond acceptors (Lipinski definition) is 4. The van der Waals surface area contributed by atoms with Crippen LogP contribution in [0.4, 0.5) is 0 Å². The summed E-state index contributed by atoms with van der Waals surface area (Å²) in [5.74, 6) is 0.990. The van der Waals surface area contributed by atoms with Gasteiger partial charge in [-0.25, -0.2) is 0 Å². The lowest BCUT2D eigenvalue weighted by Crippen LogP contribution is -2.39. The molecule has 1 N–H and O–H groups in total. The topological polar surface area (TPSA) is 76.7 Å². The number of amides is 2. The van der Waals surface area contributed by atoms with Gasteiger partial charge in [0.1, 0.15) is 23.7 Å². The maximum absolute atomic E-state index is 13.5. The molecule has 1 aliphatic heterocycles. The minimum absolute atomic E-state index is 0.0563. The molecule has 2 aromatic carbocycles. The number of nitrogens with zero attached hydrogens (tertiary/aromatic N) is 2. The summed E-state index contributed by atoms with van der Waals surface area (Å²) in [6, 6.07) is 18.8. The molecule has 3 heterocycles. The van der Waals surface area contributed by atoms with Gasteiger partial charge in [-0.2, -0.15) is 0 Å². The van der Waals surface area contributed by atoms with E-state index >= 15 is 0 Å². The summed E-state index contributed by atoms with van der Waals surface area (Å²) < 4.78 is 12.5. The Bertz CT molecular complexity index is 1290. The molecule has 32 heavy (non-hydrogen) atoms. The van der Waals surface area contributed by atoms with Crippen LogP contribution in [0.2, 0.25) is 0 Å². The van der Waals surface area contributed by atoms with Crippen molar-refractivity contribution in [2.24, 2.45) is 7.05 Å². The Morgan fingerprint density at radius 1 is 1.09 bits per heavy atom. The van der Waals surface area contributed by atoms with Crippen LogP contribution in [0.1, 0.15) is 33.4 Å². The van der Waals surface area contributed by atoms with E-state index in [1.165, 1.54) is 0 Å². The van der Waals surface area contributed by atoms with Gasteiger partial charge in [-0.05, 0) is 35.9 Å². The van der Waals surface area contributed by atoms with Crippen LogP contribution in [0.5, 0.6) is 5.75 Å². The van der Waals surface area contributed by atoms with E-state index in [4.69, 9.17) is 9.15 Å². The van der Waals surface area contributed by atoms with Gasteiger partial charge in [-0.3, -0.25) is 9.59 Å². The number of furan rings is 1. The number of ether oxygens (including phenoxy) is 1. The molecule has 1 aliphatic rings. The highest BCUT2D eigenvalue weighted by atomic mass is 16.5. The van der Waals surface area contributed by atoms with Crippen molar-refractivity contribution in [3.05, 3.63) is 89.5 Å². The third kappa shape index (κ3) is 3.22. The smallest absolute Gasteiger partial charge is 0.272 e. The van der Waals surface area contributed by atoms with Crippen LogP contribution in [-0.4, -0.2) is 34.9 Å². The summed E-state index contributed by atoms with van der Waals surface area (Å²) in [5, 5.41) is 3.85. The van der Waals surface area contributed by atoms with Gasteiger partial charge >= 0.3 is 0 Å². The molecule has 7 nitrogen and oxygen atoms in total. The lowest BCUT2D eigenvalue weighted by Gasteiger charge is -2.26. The van der Waals surface area contributed by atoms with Gasteiger partial charge in [0, 0.05) is 23.5 Å². The van der Waals surface area contributed by atoms with Crippen molar-refractivity contribution in [1.29, 1.82) is 0 Å². The second kappa shape index (κ2) is 7.92. The number of carbonyl (C=O) groups is 2. The number of para-hydroxylation sites is 1. The predicted molar refractivity (Wildman–Crippen MR) is 119 cm³/mol. The minimum Gasteiger partial charge on any atom is -0.497 e. The maximum atomic E-state index is 13.5. The molecule has 0 saturated carbocycles. The summed E-state index contributed by atoms with van der Waals surface area (Å²) >= 11 is 0. The van der Waals surface area contributed by atoms with Crippen LogP contribution in [0, 0.1) is 0 Å². The zero-order valence-electron chi connectivity index (χ0n) is 17.9. The quantitative estimate of drug-likeness (QED) is 0.508. The van der Waals surface area contributed by atoms with E-state index in [-0.39, 0.29) is 30.9 Å². The summed E-state index contributed by atoms with van der Waals surface area (Å²) in [5.41, 5.74) is 3.46. The van der Waals surface area contributed by atoms with Gasteiger partial charge < -0.3 is 23.9 Å². The summed E-state index contributed by atoms with van der Waals surface area (Å²) in [6.45, 7) is 0.218. The third-order valence-electron chi connectivity index (χ3n) is 5.98. The van der Waals surface area contributed by atoms with Crippen molar-refractivity contribution in [2.45, 2.75) is 12.6 Å². The fourth-order valence-electron chi connectivity index (χ4n) is 4.47. The van der Waals surface area contributed by atoms with Gasteiger partial charge in [-0.15, -0.1) is 0 Å². The molecule has 5 rings (SSSR count). The van der Waals surface area contributed by atoms with Crippen molar-refractivity contribution in [1.82, 2.24) is 14.8 Å². The third-order valence-corrected chi connectivity index (χ3v) is 5.98. The molecule has 0 bridgehead atoms. The number of methoxy groups -OCH3 is 1. The Morgan fingerprint density at radius 3 is 2.59 bits per heavy atom. The first kappa shape index (κ1) is 19.9. The molecule has 0 spiro atoms. The SMILES string of the molecule is COc1ccc([C@@H]2c3c(n(C)c4ccccc34)C(=O)N2CC(=O)NCc2ccco2)cc1. The van der Waals surface area contributed by atoms with Crippen molar-refractivity contribution >= 4 is 22.7 Å². The van der Waals surface area contributed by atoms with Gasteiger partial charge in [0.05, 0.1) is 26.0 Å². The zero-order chi connectivity index (χ0) is 22.2. The monoisotopic (exact) mass is 429 g/mol. The van der Waals surface area contributed by atoms with Crippen LogP contribution in [0.25, 0.3) is 10.9 Å². The van der Waals surface area contributed by atoms with Crippen molar-refractivity contribution in [3.63, 3.8) is 0 Å². The molecular weight excluding hydrogens is 406 g/mol. The molecule has 0 aliphatic carbocycles. The van der Waals surface area contributed by atoms with Gasteiger partial charge in [0.25, 0.3) is 5.91 Å². The zero-order valence-corrected chi connectivity index (χ0v) is 17.9. The molecule has 0 unspecified atom stereocenters. The maximum Gasteiger partial charge on any atom is 0.272 e. The molecular formula is C25H23N3O4. The largest absolute Gasteiger partial charge is 0.497 e. The normalized spacial score (nSPS) is 15.2. The molecule has 7 heteroatoms. The van der Waals surface area contributed by atoms with Crippen molar-refractivity contribution in [2.75, 3.05) is 13.7 Å². The first-order chi connectivity index (χ1) is 15.6. The molecule has 162 valence electrons. The highest BCUT2D eigenvalue weighted by Gasteiger charge is 2.42. The number of aromatic nitrogens is 1. The first-order valence-corrected chi connectivity index (χ1v) is 10.4. The van der Waals surface area contributed by atoms with Crippen LogP contribution < -0.4 is 10.1 Å². The first-order valence-electron chi connectivity index (χ1n) is 10.4. The number of aryl methyl sites for hydroxylation is 1. The Hall–Kier alpha value is -4.00. The van der Waals surface area contributed by atoms with Crippen LogP contribution >= 0.6 is 0 Å². The van der Waals surface area contributed by atoms with Gasteiger partial charge in [-0.1, -0.05) is 30.3 Å². The highest BCUT2D eigenvalue weighted by Crippen LogP contribution is 2.43. The Balaban J connectivity index is 1.53. The molecule has 4 aromatic rings. The number of rotatable bonds is 6. The van der Waals surface area contributed by atoms with E-state index in [1.54, 1.807) is 30.4 Å². The number of nitrogens with one attached hydrogen (secondary N) is 1. The average molecular weight is 429 g/mol. The standard InChI is InChI=1S/C25H23N3O4/c1-27-20-8-4-3-7-19(20)22-23(16-9-11-17(31-2)12-10-16)28(25(30)24(22)27)15-21(29)26-14-18-6-5-13-32-18/h3-13,23H,14-15H2,1-2H3,(H,26,29)/t23-/m1/s1. The van der Waals surface area contributed by atoms with E-state index in [1.807, 2.05) is 60.1 Å². The molecule has 0 fully saturated rings. The lowest BCUT2D eigenvalue weighted by molar-refractivity contribution is -0.122. The van der Waals surface area contributed by atoms with E-state index < -0.39 is 0 Å². The Morgan fingerprint density at radius 2 is 1.88 bits per heavy atom. The molecule has 1 atom stereocenters. The second-order valence-electron chi connectivity index (χ2n) is 7.80. The Labute approximate surface area is 185 Å². The molecule has 2 amide bonds. The lowest BCUT2D eigenvalue weighted by atomic mass is 9.98. The summed E-state index contributed by atoms with van der Waals surface area (Å²) in [7, 11) is 3.51. The fourth-order valence-corrected chi connectivity index (χ4v) is 4.47. The Kier molecular flexibility index (Phi) is 4.93. The second-order valence-corrected chi connectivity index (χ2v) is 7.80. The molecule has 2 aromatic heterocycles. The van der Waals surface area contributed by atoms with Crippen LogP contribution in [0.15, 0.2) is 71.3 Å². The predicted octanol–water partition coefficient (Wildman–Crippen LogP) is 3.64. The fraction of sp³-hybridized carbons (Fsp3) is 0.200. The van der Waals surface area contributed by atoms with Crippen LogP contribution in [0.3, 0.4) is 0 Å². The minimum atomic E-state index is -0.371. The summed E-state index contributed by atoms with van der Waals surface area (Å²) in [6.07, 6.45) is 1.56.